The number of benzene rings is 2. The Morgan fingerprint density at radius 2 is 1.77 bits per heavy atom. The highest BCUT2D eigenvalue weighted by Crippen LogP contribution is 2.30. The average Bonchev–Trinajstić information content (AvgIpc) is 3.17. The largest absolute Gasteiger partial charge is 0.495 e. The fourth-order valence-electron chi connectivity index (χ4n) is 3.39. The molecule has 2 aromatic heterocycles. The van der Waals surface area contributed by atoms with Gasteiger partial charge in [-0.1, -0.05) is 45.0 Å². The standard InChI is InChI=1S/C25H27N3O2/c1-25(2,3)19-10-7-17(8-11-19)16-30-23-6-5-13-28-15-21(27-24(23)28)18-9-12-22(29-4)20(26)14-18/h5-15H,16,26H2,1-4H3. The first kappa shape index (κ1) is 19.8. The molecular formula is C25H27N3O2. The number of methoxy groups -OCH3 is 1. The van der Waals surface area contributed by atoms with Crippen molar-refractivity contribution < 1.29 is 9.47 Å². The Kier molecular flexibility index (Phi) is 5.12. The van der Waals surface area contributed by atoms with Crippen molar-refractivity contribution in [2.24, 2.45) is 0 Å². The van der Waals surface area contributed by atoms with E-state index in [0.717, 1.165) is 28.2 Å². The lowest BCUT2D eigenvalue weighted by Crippen LogP contribution is -2.10. The SMILES string of the molecule is COc1ccc(-c2cn3cccc(OCc4ccc(C(C)(C)C)cc4)c3n2)cc1N. The van der Waals surface area contributed by atoms with E-state index in [1.165, 1.54) is 5.56 Å². The van der Waals surface area contributed by atoms with Crippen molar-refractivity contribution in [2.45, 2.75) is 32.8 Å². The predicted octanol–water partition coefficient (Wildman–Crippen LogP) is 5.47. The van der Waals surface area contributed by atoms with Crippen LogP contribution in [-0.2, 0) is 12.0 Å². The summed E-state index contributed by atoms with van der Waals surface area (Å²) in [6.07, 6.45) is 3.94. The van der Waals surface area contributed by atoms with Crippen molar-refractivity contribution in [2.75, 3.05) is 12.8 Å². The number of fused-ring (bicyclic) bond motifs is 1. The van der Waals surface area contributed by atoms with Crippen LogP contribution in [0.4, 0.5) is 5.69 Å². The molecule has 0 amide bonds. The van der Waals surface area contributed by atoms with E-state index in [-0.39, 0.29) is 5.41 Å². The van der Waals surface area contributed by atoms with Crippen molar-refractivity contribution in [1.29, 1.82) is 0 Å². The van der Waals surface area contributed by atoms with Gasteiger partial charge in [0.05, 0.1) is 18.5 Å². The van der Waals surface area contributed by atoms with Gasteiger partial charge >= 0.3 is 0 Å². The third-order valence-electron chi connectivity index (χ3n) is 5.19. The highest BCUT2D eigenvalue weighted by Gasteiger charge is 2.14. The number of nitrogens with two attached hydrogens (primary N) is 1. The second kappa shape index (κ2) is 7.75. The lowest BCUT2D eigenvalue weighted by molar-refractivity contribution is 0.308. The van der Waals surface area contributed by atoms with Gasteiger partial charge in [-0.2, -0.15) is 0 Å². The number of hydrogen-bond donors (Lipinski definition) is 1. The number of anilines is 1. The maximum atomic E-state index is 6.11. The zero-order valence-electron chi connectivity index (χ0n) is 17.8. The van der Waals surface area contributed by atoms with Crippen LogP contribution in [0, 0.1) is 0 Å². The van der Waals surface area contributed by atoms with E-state index in [4.69, 9.17) is 20.2 Å². The Hall–Kier alpha value is -3.47. The molecule has 0 atom stereocenters. The lowest BCUT2D eigenvalue weighted by atomic mass is 9.87. The minimum absolute atomic E-state index is 0.141. The van der Waals surface area contributed by atoms with Crippen molar-refractivity contribution in [3.05, 3.63) is 78.1 Å². The molecule has 2 N–H and O–H groups in total. The van der Waals surface area contributed by atoms with Crippen LogP contribution in [0.3, 0.4) is 0 Å². The first-order chi connectivity index (χ1) is 14.3. The molecule has 0 bridgehead atoms. The first-order valence-electron chi connectivity index (χ1n) is 9.99. The van der Waals surface area contributed by atoms with E-state index in [9.17, 15) is 0 Å². The van der Waals surface area contributed by atoms with E-state index in [1.54, 1.807) is 7.11 Å². The molecule has 2 heterocycles. The highest BCUT2D eigenvalue weighted by molar-refractivity contribution is 5.71. The first-order valence-corrected chi connectivity index (χ1v) is 9.99. The zero-order valence-corrected chi connectivity index (χ0v) is 17.8. The number of nitrogens with zero attached hydrogens (tertiary/aromatic N) is 2. The average molecular weight is 402 g/mol. The van der Waals surface area contributed by atoms with Gasteiger partial charge in [-0.05, 0) is 46.9 Å². The van der Waals surface area contributed by atoms with Crippen LogP contribution < -0.4 is 15.2 Å². The molecule has 0 saturated heterocycles. The van der Waals surface area contributed by atoms with E-state index in [2.05, 4.69) is 45.0 Å². The number of rotatable bonds is 5. The topological polar surface area (TPSA) is 61.8 Å². The predicted molar refractivity (Wildman–Crippen MR) is 121 cm³/mol. The molecule has 2 aromatic carbocycles. The van der Waals surface area contributed by atoms with Crippen LogP contribution in [-0.4, -0.2) is 16.5 Å². The summed E-state index contributed by atoms with van der Waals surface area (Å²) in [5, 5.41) is 0. The summed E-state index contributed by atoms with van der Waals surface area (Å²) in [4.78, 5) is 4.78. The summed E-state index contributed by atoms with van der Waals surface area (Å²) < 4.78 is 13.3. The second-order valence-corrected chi connectivity index (χ2v) is 8.42. The summed E-state index contributed by atoms with van der Waals surface area (Å²) in [5.74, 6) is 1.40. The molecule has 0 unspecified atom stereocenters. The van der Waals surface area contributed by atoms with Gasteiger partial charge in [0, 0.05) is 18.0 Å². The summed E-state index contributed by atoms with van der Waals surface area (Å²) in [6, 6.07) is 18.2. The number of hydrogen-bond acceptors (Lipinski definition) is 4. The van der Waals surface area contributed by atoms with Crippen LogP contribution in [0.25, 0.3) is 16.9 Å². The maximum absolute atomic E-state index is 6.11. The highest BCUT2D eigenvalue weighted by atomic mass is 16.5. The Balaban J connectivity index is 1.57. The molecule has 0 spiro atoms. The number of pyridine rings is 1. The number of ether oxygens (including phenoxy) is 2. The zero-order chi connectivity index (χ0) is 21.3. The van der Waals surface area contributed by atoms with Crippen LogP contribution in [0.15, 0.2) is 67.0 Å². The van der Waals surface area contributed by atoms with Gasteiger partial charge in [0.25, 0.3) is 0 Å². The van der Waals surface area contributed by atoms with Gasteiger partial charge in [0.1, 0.15) is 12.4 Å². The van der Waals surface area contributed by atoms with Crippen molar-refractivity contribution >= 4 is 11.3 Å². The molecule has 0 aliphatic carbocycles. The summed E-state index contributed by atoms with van der Waals surface area (Å²) >= 11 is 0. The molecule has 5 nitrogen and oxygen atoms in total. The summed E-state index contributed by atoms with van der Waals surface area (Å²) in [7, 11) is 1.61. The molecule has 4 aromatic rings. The molecule has 0 radical (unpaired) electrons. The molecule has 0 aliphatic heterocycles. The van der Waals surface area contributed by atoms with Gasteiger partial charge in [-0.25, -0.2) is 4.98 Å². The van der Waals surface area contributed by atoms with Gasteiger partial charge in [-0.3, -0.25) is 0 Å². The monoisotopic (exact) mass is 401 g/mol. The van der Waals surface area contributed by atoms with Crippen molar-refractivity contribution in [3.63, 3.8) is 0 Å². The number of imidazole rings is 1. The molecule has 30 heavy (non-hydrogen) atoms. The molecule has 154 valence electrons. The Morgan fingerprint density at radius 1 is 1.00 bits per heavy atom. The fourth-order valence-corrected chi connectivity index (χ4v) is 3.39. The maximum Gasteiger partial charge on any atom is 0.180 e. The number of aromatic nitrogens is 2. The normalized spacial score (nSPS) is 11.6. The van der Waals surface area contributed by atoms with Crippen LogP contribution in [0.1, 0.15) is 31.9 Å². The minimum Gasteiger partial charge on any atom is -0.495 e. The molecule has 0 fully saturated rings. The molecule has 0 saturated carbocycles. The Bertz CT molecular complexity index is 1170. The molecule has 0 aliphatic rings. The van der Waals surface area contributed by atoms with Gasteiger partial charge in [-0.15, -0.1) is 0 Å². The molecule has 4 rings (SSSR count). The quantitative estimate of drug-likeness (QED) is 0.451. The van der Waals surface area contributed by atoms with Crippen molar-refractivity contribution in [3.8, 4) is 22.8 Å². The Morgan fingerprint density at radius 3 is 2.43 bits per heavy atom. The van der Waals surface area contributed by atoms with E-state index < -0.39 is 0 Å². The van der Waals surface area contributed by atoms with Crippen LogP contribution in [0.5, 0.6) is 11.5 Å². The summed E-state index contributed by atoms with van der Waals surface area (Å²) in [5.41, 5.74) is 11.8. The third kappa shape index (κ3) is 3.96. The second-order valence-electron chi connectivity index (χ2n) is 8.42. The fraction of sp³-hybridized carbons (Fsp3) is 0.240. The molecular weight excluding hydrogens is 374 g/mol. The lowest BCUT2D eigenvalue weighted by Gasteiger charge is -2.19. The minimum atomic E-state index is 0.141. The molecule has 5 heteroatoms. The van der Waals surface area contributed by atoms with Crippen LogP contribution >= 0.6 is 0 Å². The van der Waals surface area contributed by atoms with Gasteiger partial charge in [0.15, 0.2) is 11.4 Å². The van der Waals surface area contributed by atoms with E-state index >= 15 is 0 Å². The van der Waals surface area contributed by atoms with E-state index in [1.807, 2.05) is 47.1 Å². The van der Waals surface area contributed by atoms with Crippen LogP contribution in [0.2, 0.25) is 0 Å². The smallest absolute Gasteiger partial charge is 0.180 e. The van der Waals surface area contributed by atoms with Crippen molar-refractivity contribution in [1.82, 2.24) is 9.38 Å². The van der Waals surface area contributed by atoms with E-state index in [0.29, 0.717) is 18.0 Å². The third-order valence-corrected chi connectivity index (χ3v) is 5.19. The van der Waals surface area contributed by atoms with Gasteiger partial charge < -0.3 is 19.6 Å². The summed E-state index contributed by atoms with van der Waals surface area (Å²) in [6.45, 7) is 7.13. The Labute approximate surface area is 177 Å². The van der Waals surface area contributed by atoms with Gasteiger partial charge in [0.2, 0.25) is 0 Å². The number of nitrogen functional groups attached to an aromatic ring is 1.